The number of carbonyl (C=O) groups excluding carboxylic acids is 3. The molecule has 0 saturated carbocycles. The van der Waals surface area contributed by atoms with Gasteiger partial charge in [0.1, 0.15) is 12.4 Å². The number of nitrogens with one attached hydrogen (secondary N) is 3. The van der Waals surface area contributed by atoms with Crippen LogP contribution in [0.3, 0.4) is 0 Å². The monoisotopic (exact) mass is 481 g/mol. The van der Waals surface area contributed by atoms with Crippen molar-refractivity contribution in [3.8, 4) is 0 Å². The predicted octanol–water partition coefficient (Wildman–Crippen LogP) is 3.54. The molecule has 0 spiro atoms. The number of ether oxygens (including phenoxy) is 2. The first kappa shape index (κ1) is 23.3. The lowest BCUT2D eigenvalue weighted by Crippen LogP contribution is -2.28. The fourth-order valence-corrected chi connectivity index (χ4v) is 2.75. The quantitative estimate of drug-likeness (QED) is 0.475. The molecule has 0 bridgehead atoms. The van der Waals surface area contributed by atoms with Crippen molar-refractivity contribution >= 4 is 45.2 Å². The van der Waals surface area contributed by atoms with Gasteiger partial charge < -0.3 is 20.1 Å². The highest BCUT2D eigenvalue weighted by Crippen LogP contribution is 2.18. The Kier molecular flexibility index (Phi) is 9.23. The van der Waals surface area contributed by atoms with Crippen LogP contribution in [0.15, 0.2) is 46.9 Å². The van der Waals surface area contributed by atoms with Crippen LogP contribution >= 0.6 is 15.9 Å². The summed E-state index contributed by atoms with van der Waals surface area (Å²) in [5.41, 5.74) is 1.06. The maximum absolute atomic E-state index is 13.3. The van der Waals surface area contributed by atoms with Crippen molar-refractivity contribution in [3.05, 3.63) is 58.3 Å². The van der Waals surface area contributed by atoms with Gasteiger partial charge in [0, 0.05) is 35.9 Å². The van der Waals surface area contributed by atoms with Crippen molar-refractivity contribution in [2.45, 2.75) is 6.42 Å². The van der Waals surface area contributed by atoms with E-state index in [9.17, 15) is 18.8 Å². The first-order valence-electron chi connectivity index (χ1n) is 8.95. The van der Waals surface area contributed by atoms with Crippen LogP contribution in [-0.4, -0.2) is 44.8 Å². The van der Waals surface area contributed by atoms with Gasteiger partial charge in [0.05, 0.1) is 12.2 Å². The number of amides is 3. The molecule has 0 aliphatic carbocycles. The second-order valence-electron chi connectivity index (χ2n) is 6.01. The topological polar surface area (TPSA) is 106 Å². The summed E-state index contributed by atoms with van der Waals surface area (Å²) >= 11 is 3.19. The van der Waals surface area contributed by atoms with Gasteiger partial charge in [0.15, 0.2) is 0 Å². The van der Waals surface area contributed by atoms with Crippen LogP contribution in [0.1, 0.15) is 16.8 Å². The molecule has 3 amide bonds. The van der Waals surface area contributed by atoms with Gasteiger partial charge >= 0.3 is 6.09 Å². The first-order valence-corrected chi connectivity index (χ1v) is 9.74. The van der Waals surface area contributed by atoms with E-state index < -0.39 is 17.8 Å². The molecule has 0 radical (unpaired) electrons. The molecule has 0 atom stereocenters. The van der Waals surface area contributed by atoms with Gasteiger partial charge in [0.2, 0.25) is 5.91 Å². The van der Waals surface area contributed by atoms with Crippen molar-refractivity contribution in [1.29, 1.82) is 0 Å². The molecule has 8 nitrogen and oxygen atoms in total. The van der Waals surface area contributed by atoms with Gasteiger partial charge in [-0.2, -0.15) is 0 Å². The van der Waals surface area contributed by atoms with E-state index in [0.29, 0.717) is 15.8 Å². The number of benzene rings is 2. The van der Waals surface area contributed by atoms with Crippen molar-refractivity contribution in [3.63, 3.8) is 0 Å². The highest BCUT2D eigenvalue weighted by Gasteiger charge is 2.12. The zero-order valence-electron chi connectivity index (χ0n) is 16.2. The normalized spacial score (nSPS) is 10.2. The third-order valence-electron chi connectivity index (χ3n) is 3.72. The Balaban J connectivity index is 1.80. The van der Waals surface area contributed by atoms with Crippen LogP contribution in [0.4, 0.5) is 20.6 Å². The van der Waals surface area contributed by atoms with Gasteiger partial charge in [-0.3, -0.25) is 14.9 Å². The number of methoxy groups -OCH3 is 1. The third kappa shape index (κ3) is 7.80. The minimum atomic E-state index is -0.637. The lowest BCUT2D eigenvalue weighted by molar-refractivity contribution is -0.116. The fourth-order valence-electron chi connectivity index (χ4n) is 2.33. The second kappa shape index (κ2) is 11.9. The van der Waals surface area contributed by atoms with Crippen LogP contribution < -0.4 is 16.0 Å². The third-order valence-corrected chi connectivity index (χ3v) is 4.42. The van der Waals surface area contributed by atoms with E-state index >= 15 is 0 Å². The summed E-state index contributed by atoms with van der Waals surface area (Å²) in [4.78, 5) is 35.8. The lowest BCUT2D eigenvalue weighted by Gasteiger charge is -2.10. The maximum atomic E-state index is 13.3. The van der Waals surface area contributed by atoms with Crippen LogP contribution in [0.5, 0.6) is 0 Å². The summed E-state index contributed by atoms with van der Waals surface area (Å²) in [6.07, 6.45) is -0.628. The van der Waals surface area contributed by atoms with Crippen LogP contribution in [0.2, 0.25) is 0 Å². The molecular formula is C20H21BrFN3O5. The second-order valence-corrected chi connectivity index (χ2v) is 6.87. The first-order chi connectivity index (χ1) is 14.4. The van der Waals surface area contributed by atoms with Crippen LogP contribution in [0.25, 0.3) is 0 Å². The molecule has 30 heavy (non-hydrogen) atoms. The van der Waals surface area contributed by atoms with E-state index in [1.165, 1.54) is 19.2 Å². The number of carbonyl (C=O) groups is 3. The highest BCUT2D eigenvalue weighted by atomic mass is 79.9. The van der Waals surface area contributed by atoms with Gasteiger partial charge in [-0.1, -0.05) is 6.07 Å². The Morgan fingerprint density at radius 3 is 2.50 bits per heavy atom. The number of hydrogen-bond donors (Lipinski definition) is 3. The lowest BCUT2D eigenvalue weighted by atomic mass is 10.2. The summed E-state index contributed by atoms with van der Waals surface area (Å²) in [6.45, 7) is 0.476. The largest absolute Gasteiger partial charge is 0.447 e. The summed E-state index contributed by atoms with van der Waals surface area (Å²) in [7, 11) is 1.50. The number of rotatable bonds is 9. The molecule has 2 aromatic carbocycles. The molecule has 10 heteroatoms. The molecule has 160 valence electrons. The van der Waals surface area contributed by atoms with E-state index in [1.807, 2.05) is 0 Å². The standard InChI is InChI=1S/C20H21BrFN3O5/c1-29-9-10-30-20(28)25-15-4-2-3-14(12-15)24-18(26)7-8-23-19(27)16-11-13(22)5-6-17(16)21/h2-6,11-12H,7-10H2,1H3,(H,23,27)(H,24,26)(H,25,28). The van der Waals surface area contributed by atoms with E-state index in [-0.39, 0.29) is 37.6 Å². The van der Waals surface area contributed by atoms with Crippen LogP contribution in [-0.2, 0) is 14.3 Å². The zero-order chi connectivity index (χ0) is 21.9. The molecular weight excluding hydrogens is 461 g/mol. The Bertz CT molecular complexity index is 910. The molecule has 3 N–H and O–H groups in total. The number of hydrogen-bond acceptors (Lipinski definition) is 5. The molecule has 0 aromatic heterocycles. The van der Waals surface area contributed by atoms with Gasteiger partial charge in [-0.05, 0) is 52.3 Å². The van der Waals surface area contributed by atoms with E-state index in [0.717, 1.165) is 6.07 Å². The highest BCUT2D eigenvalue weighted by molar-refractivity contribution is 9.10. The molecule has 0 aliphatic heterocycles. The minimum Gasteiger partial charge on any atom is -0.447 e. The van der Waals surface area contributed by atoms with Gasteiger partial charge in [0.25, 0.3) is 5.91 Å². The SMILES string of the molecule is COCCOC(=O)Nc1cccc(NC(=O)CCNC(=O)c2cc(F)ccc2Br)c1. The Labute approximate surface area is 181 Å². The summed E-state index contributed by atoms with van der Waals surface area (Å²) in [6, 6.07) is 10.3. The van der Waals surface area contributed by atoms with Crippen LogP contribution in [0, 0.1) is 5.82 Å². The Morgan fingerprint density at radius 1 is 1.03 bits per heavy atom. The van der Waals surface area contributed by atoms with E-state index in [4.69, 9.17) is 9.47 Å². The molecule has 0 aliphatic rings. The summed E-state index contributed by atoms with van der Waals surface area (Å²) in [5.74, 6) is -1.36. The van der Waals surface area contributed by atoms with Gasteiger partial charge in [-0.25, -0.2) is 9.18 Å². The molecule has 2 aromatic rings. The summed E-state index contributed by atoms with van der Waals surface area (Å²) in [5, 5.41) is 7.78. The van der Waals surface area contributed by atoms with Gasteiger partial charge in [-0.15, -0.1) is 0 Å². The van der Waals surface area contributed by atoms with E-state index in [1.54, 1.807) is 24.3 Å². The number of anilines is 2. The van der Waals surface area contributed by atoms with E-state index in [2.05, 4.69) is 31.9 Å². The molecule has 0 fully saturated rings. The van der Waals surface area contributed by atoms with Crippen molar-refractivity contribution in [1.82, 2.24) is 5.32 Å². The Morgan fingerprint density at radius 2 is 1.77 bits per heavy atom. The van der Waals surface area contributed by atoms with Crippen molar-refractivity contribution in [2.24, 2.45) is 0 Å². The summed E-state index contributed by atoms with van der Waals surface area (Å²) < 4.78 is 23.4. The molecule has 0 heterocycles. The number of halogens is 2. The molecule has 0 unspecified atom stereocenters. The van der Waals surface area contributed by atoms with Crippen molar-refractivity contribution in [2.75, 3.05) is 37.5 Å². The molecule has 0 saturated heterocycles. The minimum absolute atomic E-state index is 0.00932. The smallest absolute Gasteiger partial charge is 0.411 e. The zero-order valence-corrected chi connectivity index (χ0v) is 17.8. The maximum Gasteiger partial charge on any atom is 0.411 e. The molecule has 2 rings (SSSR count). The predicted molar refractivity (Wildman–Crippen MR) is 113 cm³/mol. The van der Waals surface area contributed by atoms with Crippen molar-refractivity contribution < 1.29 is 28.2 Å². The Hall–Kier alpha value is -2.98. The average molecular weight is 482 g/mol. The fraction of sp³-hybridized carbons (Fsp3) is 0.250. The average Bonchev–Trinajstić information content (AvgIpc) is 2.70.